The van der Waals surface area contributed by atoms with Gasteiger partial charge in [0.2, 0.25) is 0 Å². The van der Waals surface area contributed by atoms with Gasteiger partial charge in [0.15, 0.2) is 24.4 Å². The molecule has 31 heavy (non-hydrogen) atoms. The second-order valence-corrected chi connectivity index (χ2v) is 6.48. The van der Waals surface area contributed by atoms with Gasteiger partial charge >= 0.3 is 29.8 Å². The molecular weight excluding hydrogens is 418 g/mol. The highest BCUT2D eigenvalue weighted by atomic mass is 16.6. The first-order valence-corrected chi connectivity index (χ1v) is 9.15. The Balaban J connectivity index is 3.55. The van der Waals surface area contributed by atoms with Gasteiger partial charge in [-0.1, -0.05) is 5.16 Å². The van der Waals surface area contributed by atoms with E-state index in [0.29, 0.717) is 5.69 Å². The summed E-state index contributed by atoms with van der Waals surface area (Å²) in [6.45, 7) is 6.49. The molecule has 1 aromatic rings. The molecule has 172 valence electrons. The Kier molecular flexibility index (Phi) is 9.64. The zero-order chi connectivity index (χ0) is 23.7. The van der Waals surface area contributed by atoms with E-state index < -0.39 is 60.9 Å². The van der Waals surface area contributed by atoms with Gasteiger partial charge in [0, 0.05) is 34.6 Å². The van der Waals surface area contributed by atoms with E-state index in [2.05, 4.69) is 5.16 Å². The summed E-state index contributed by atoms with van der Waals surface area (Å²) >= 11 is 0. The summed E-state index contributed by atoms with van der Waals surface area (Å²) in [6.07, 6.45) is -4.62. The van der Waals surface area contributed by atoms with Crippen molar-refractivity contribution in [3.8, 4) is 0 Å². The maximum absolute atomic E-state index is 11.9. The Morgan fingerprint density at radius 2 is 1.32 bits per heavy atom. The molecule has 0 aromatic carbocycles. The third-order valence-corrected chi connectivity index (χ3v) is 3.75. The fourth-order valence-corrected chi connectivity index (χ4v) is 2.71. The molecule has 0 aliphatic heterocycles. The molecule has 12 nitrogen and oxygen atoms in total. The molecule has 0 unspecified atom stereocenters. The molecule has 1 aromatic heterocycles. The number of hydrogen-bond donors (Lipinski definition) is 0. The normalized spacial score (nSPS) is 14.4. The lowest BCUT2D eigenvalue weighted by Crippen LogP contribution is -2.50. The minimum absolute atomic E-state index is 0.215. The van der Waals surface area contributed by atoms with Crippen LogP contribution in [0.15, 0.2) is 10.8 Å². The van der Waals surface area contributed by atoms with Gasteiger partial charge in [-0.3, -0.25) is 24.0 Å². The fraction of sp³-hybridized carbons (Fsp3) is 0.579. The monoisotopic (exact) mass is 443 g/mol. The lowest BCUT2D eigenvalue weighted by molar-refractivity contribution is -0.203. The van der Waals surface area contributed by atoms with Crippen molar-refractivity contribution in [3.05, 3.63) is 17.5 Å². The summed E-state index contributed by atoms with van der Waals surface area (Å²) in [5.41, 5.74) is 0.515. The van der Waals surface area contributed by atoms with Gasteiger partial charge in [0.25, 0.3) is 0 Å². The number of nitrogens with zero attached hydrogens (tertiary/aromatic N) is 1. The summed E-state index contributed by atoms with van der Waals surface area (Å²) in [7, 11) is 0. The van der Waals surface area contributed by atoms with Crippen LogP contribution in [0.4, 0.5) is 0 Å². The topological polar surface area (TPSA) is 158 Å². The van der Waals surface area contributed by atoms with Crippen LogP contribution in [0.5, 0.6) is 0 Å². The van der Waals surface area contributed by atoms with Crippen LogP contribution in [0, 0.1) is 6.92 Å². The summed E-state index contributed by atoms with van der Waals surface area (Å²) < 4.78 is 30.9. The maximum atomic E-state index is 11.9. The Morgan fingerprint density at radius 1 is 0.806 bits per heavy atom. The molecule has 0 fully saturated rings. The Morgan fingerprint density at radius 3 is 1.74 bits per heavy atom. The molecule has 0 N–H and O–H groups in total. The third-order valence-electron chi connectivity index (χ3n) is 3.75. The first-order valence-electron chi connectivity index (χ1n) is 9.15. The van der Waals surface area contributed by atoms with Gasteiger partial charge < -0.3 is 28.2 Å². The largest absolute Gasteiger partial charge is 0.462 e. The van der Waals surface area contributed by atoms with E-state index in [1.165, 1.54) is 0 Å². The number of aromatic nitrogens is 1. The van der Waals surface area contributed by atoms with E-state index in [9.17, 15) is 24.0 Å². The van der Waals surface area contributed by atoms with E-state index in [0.717, 1.165) is 40.9 Å². The number of ether oxygens (including phenoxy) is 5. The van der Waals surface area contributed by atoms with Gasteiger partial charge in [-0.15, -0.1) is 0 Å². The van der Waals surface area contributed by atoms with Crippen LogP contribution in [-0.4, -0.2) is 59.9 Å². The molecule has 0 bridgehead atoms. The number of carbonyl (C=O) groups excluding carboxylic acids is 5. The fourth-order valence-electron chi connectivity index (χ4n) is 2.71. The molecule has 0 aliphatic rings. The van der Waals surface area contributed by atoms with Crippen molar-refractivity contribution in [2.75, 3.05) is 6.61 Å². The van der Waals surface area contributed by atoms with Crippen molar-refractivity contribution in [2.24, 2.45) is 0 Å². The van der Waals surface area contributed by atoms with Crippen LogP contribution in [0.2, 0.25) is 0 Å². The van der Waals surface area contributed by atoms with E-state index in [1.807, 2.05) is 0 Å². The van der Waals surface area contributed by atoms with Crippen molar-refractivity contribution >= 4 is 29.8 Å². The highest BCUT2D eigenvalue weighted by molar-refractivity contribution is 5.69. The zero-order valence-electron chi connectivity index (χ0n) is 18.0. The van der Waals surface area contributed by atoms with Crippen molar-refractivity contribution in [1.29, 1.82) is 0 Å². The molecule has 1 rings (SSSR count). The predicted octanol–water partition coefficient (Wildman–Crippen LogP) is 0.945. The number of aryl methyl sites for hydroxylation is 1. The first kappa shape index (κ1) is 25.6. The smallest absolute Gasteiger partial charge is 0.303 e. The molecule has 0 aliphatic carbocycles. The molecule has 0 amide bonds. The number of esters is 5. The van der Waals surface area contributed by atoms with E-state index in [1.54, 1.807) is 6.92 Å². The second-order valence-electron chi connectivity index (χ2n) is 6.48. The van der Waals surface area contributed by atoms with Crippen LogP contribution in [0.1, 0.15) is 52.0 Å². The average Bonchev–Trinajstić information content (AvgIpc) is 3.04. The van der Waals surface area contributed by atoms with E-state index in [4.69, 9.17) is 28.2 Å². The second kappa shape index (κ2) is 11.7. The van der Waals surface area contributed by atoms with Crippen LogP contribution in [0.3, 0.4) is 0 Å². The van der Waals surface area contributed by atoms with Gasteiger partial charge in [-0.25, -0.2) is 0 Å². The molecule has 4 atom stereocenters. The third kappa shape index (κ3) is 8.44. The van der Waals surface area contributed by atoms with Crippen molar-refractivity contribution in [3.63, 3.8) is 0 Å². The Hall–Kier alpha value is -3.44. The van der Waals surface area contributed by atoms with Gasteiger partial charge in [-0.05, 0) is 6.92 Å². The predicted molar refractivity (Wildman–Crippen MR) is 99.0 cm³/mol. The lowest BCUT2D eigenvalue weighted by atomic mass is 9.97. The molecule has 0 spiro atoms. The molecular formula is C19H25NO11. The lowest BCUT2D eigenvalue weighted by Gasteiger charge is -2.35. The highest BCUT2D eigenvalue weighted by Gasteiger charge is 2.45. The van der Waals surface area contributed by atoms with Crippen LogP contribution < -0.4 is 0 Å². The number of carbonyl (C=O) groups is 5. The van der Waals surface area contributed by atoms with Crippen LogP contribution >= 0.6 is 0 Å². The number of hydrogen-bond acceptors (Lipinski definition) is 12. The van der Waals surface area contributed by atoms with Crippen LogP contribution in [0.25, 0.3) is 0 Å². The standard InChI is InChI=1S/C19H25NO11/c1-9-15(7-27-20-9)17(29-12(4)23)19(31-14(6)25)18(30-13(5)24)16(28-11(3)22)8-26-10(2)21/h7,16-19H,8H2,1-6H3/t16-,17+,18+,19-/m1/s1. The summed E-state index contributed by atoms with van der Waals surface area (Å²) in [4.78, 5) is 58.4. The van der Waals surface area contributed by atoms with Gasteiger partial charge in [-0.2, -0.15) is 0 Å². The van der Waals surface area contributed by atoms with Gasteiger partial charge in [0.05, 0.1) is 11.3 Å². The molecule has 0 radical (unpaired) electrons. The minimum atomic E-state index is -1.52. The summed E-state index contributed by atoms with van der Waals surface area (Å²) in [6, 6.07) is 0. The SMILES string of the molecule is CC(=O)OC[C@@H](OC(C)=O)[C@H](OC(C)=O)[C@H](OC(C)=O)[C@@H](OC(C)=O)c1conc1C. The first-order chi connectivity index (χ1) is 14.4. The molecule has 0 saturated carbocycles. The van der Waals surface area contributed by atoms with Crippen molar-refractivity contribution in [1.82, 2.24) is 5.16 Å². The zero-order valence-corrected chi connectivity index (χ0v) is 18.0. The van der Waals surface area contributed by atoms with E-state index in [-0.39, 0.29) is 5.56 Å². The summed E-state index contributed by atoms with van der Waals surface area (Å²) in [5, 5.41) is 3.71. The molecule has 0 saturated heterocycles. The molecule has 12 heteroatoms. The highest BCUT2D eigenvalue weighted by Crippen LogP contribution is 2.31. The average molecular weight is 443 g/mol. The van der Waals surface area contributed by atoms with E-state index >= 15 is 0 Å². The molecule has 1 heterocycles. The van der Waals surface area contributed by atoms with Crippen molar-refractivity contribution < 1.29 is 52.2 Å². The Bertz CT molecular complexity index is 816. The van der Waals surface area contributed by atoms with Crippen LogP contribution in [-0.2, 0) is 47.7 Å². The minimum Gasteiger partial charge on any atom is -0.462 e. The number of rotatable bonds is 10. The Labute approximate surface area is 178 Å². The quantitative estimate of drug-likeness (QED) is 0.373. The van der Waals surface area contributed by atoms with Crippen molar-refractivity contribution in [2.45, 2.75) is 66.0 Å². The summed E-state index contributed by atoms with van der Waals surface area (Å²) in [5.74, 6) is -3.89. The maximum Gasteiger partial charge on any atom is 0.303 e. The van der Waals surface area contributed by atoms with Gasteiger partial charge in [0.1, 0.15) is 12.9 Å².